The van der Waals surface area contributed by atoms with E-state index in [9.17, 15) is 35.1 Å². The third-order valence-electron chi connectivity index (χ3n) is 8.89. The molecule has 9 heteroatoms. The van der Waals surface area contributed by atoms with E-state index < -0.39 is 60.0 Å². The largest absolute Gasteiger partial charge is 0.457 e. The molecule has 0 aromatic carbocycles. The average molecular weight is 667 g/mol. The highest BCUT2D eigenvalue weighted by molar-refractivity contribution is 5.88. The Balaban J connectivity index is 5.30. The summed E-state index contributed by atoms with van der Waals surface area (Å²) in [6, 6.07) is 0. The van der Waals surface area contributed by atoms with Gasteiger partial charge in [-0.05, 0) is 66.4 Å². The van der Waals surface area contributed by atoms with E-state index >= 15 is 0 Å². The van der Waals surface area contributed by atoms with Gasteiger partial charge in [-0.2, -0.15) is 0 Å². The average Bonchev–Trinajstić information content (AvgIpc) is 2.99. The van der Waals surface area contributed by atoms with Crippen molar-refractivity contribution in [3.8, 4) is 0 Å². The molecular formula is C38H66O9. The van der Waals surface area contributed by atoms with Crippen LogP contribution in [0.1, 0.15) is 102 Å². The summed E-state index contributed by atoms with van der Waals surface area (Å²) in [5.74, 6) is -2.94. The molecule has 0 aliphatic heterocycles. The first-order valence-corrected chi connectivity index (χ1v) is 17.0. The van der Waals surface area contributed by atoms with Gasteiger partial charge in [0.25, 0.3) is 0 Å². The summed E-state index contributed by atoms with van der Waals surface area (Å²) in [7, 11) is 1.46. The first-order valence-electron chi connectivity index (χ1n) is 17.0. The molecule has 0 saturated carbocycles. The van der Waals surface area contributed by atoms with Crippen LogP contribution in [0.5, 0.6) is 0 Å². The lowest BCUT2D eigenvalue weighted by molar-refractivity contribution is -0.149. The zero-order valence-corrected chi connectivity index (χ0v) is 31.2. The lowest BCUT2D eigenvalue weighted by atomic mass is 9.82. The Morgan fingerprint density at radius 3 is 1.89 bits per heavy atom. The maximum absolute atomic E-state index is 12.8. The number of allylic oxidation sites excluding steroid dienone is 5. The molecule has 7 unspecified atom stereocenters. The van der Waals surface area contributed by atoms with Crippen molar-refractivity contribution in [2.24, 2.45) is 29.6 Å². The van der Waals surface area contributed by atoms with Gasteiger partial charge in [-0.3, -0.25) is 4.79 Å². The van der Waals surface area contributed by atoms with Crippen LogP contribution in [-0.2, 0) is 19.1 Å². The summed E-state index contributed by atoms with van der Waals surface area (Å²) in [6.07, 6.45) is 4.58. The van der Waals surface area contributed by atoms with Gasteiger partial charge in [-0.25, -0.2) is 4.79 Å². The minimum absolute atomic E-state index is 0.0561. The quantitative estimate of drug-likeness (QED) is 0.0646. The fourth-order valence-corrected chi connectivity index (χ4v) is 5.55. The molecule has 5 N–H and O–H groups in total. The number of esters is 1. The number of carbonyl (C=O) groups excluding carboxylic acids is 2. The van der Waals surface area contributed by atoms with Crippen LogP contribution in [-0.4, -0.2) is 86.6 Å². The smallest absolute Gasteiger partial charge is 0.334 e. The lowest BCUT2D eigenvalue weighted by Gasteiger charge is -2.31. The van der Waals surface area contributed by atoms with E-state index in [1.807, 2.05) is 60.6 Å². The van der Waals surface area contributed by atoms with Crippen LogP contribution >= 0.6 is 0 Å². The number of rotatable bonds is 20. The predicted molar refractivity (Wildman–Crippen MR) is 187 cm³/mol. The molecule has 0 radical (unpaired) electrons. The predicted octanol–water partition coefficient (Wildman–Crippen LogP) is 5.48. The fourth-order valence-electron chi connectivity index (χ4n) is 5.55. The maximum atomic E-state index is 12.8. The van der Waals surface area contributed by atoms with Gasteiger partial charge in [0.1, 0.15) is 17.5 Å². The van der Waals surface area contributed by atoms with Crippen molar-refractivity contribution in [3.63, 3.8) is 0 Å². The van der Waals surface area contributed by atoms with Crippen molar-refractivity contribution in [2.45, 2.75) is 145 Å². The molecule has 0 amide bonds. The third kappa shape index (κ3) is 16.2. The molecule has 47 heavy (non-hydrogen) atoms. The number of aliphatic hydroxyl groups is 5. The van der Waals surface area contributed by atoms with Crippen molar-refractivity contribution < 1.29 is 44.6 Å². The number of hydrogen-bond donors (Lipinski definition) is 5. The Bertz CT molecular complexity index is 1080. The van der Waals surface area contributed by atoms with Crippen molar-refractivity contribution >= 4 is 11.8 Å². The minimum Gasteiger partial charge on any atom is -0.457 e. The molecule has 9 nitrogen and oxygen atoms in total. The van der Waals surface area contributed by atoms with Crippen molar-refractivity contribution in [1.29, 1.82) is 0 Å². The van der Waals surface area contributed by atoms with Crippen LogP contribution in [0.2, 0.25) is 0 Å². The molecule has 0 aliphatic carbocycles. The topological polar surface area (TPSA) is 154 Å². The van der Waals surface area contributed by atoms with Crippen LogP contribution in [0.25, 0.3) is 0 Å². The van der Waals surface area contributed by atoms with Gasteiger partial charge in [-0.15, -0.1) is 0 Å². The second kappa shape index (κ2) is 21.1. The molecule has 0 aromatic rings. The standard InChI is InChI=1S/C38H66O9/c1-14-30(39)27(7)31(40)21-32(41)28(8)35(43)29(9)36(44)33(46-13)17-15-16-22(2)18-24(4)34(42)25(5)19-23(3)20-26(6)37(45)47-38(10,11)12/h15-17,19-20,24-25,27-31,33-36,39-40,42-44H,14,18,21H2,1-13H3/b17-15+,22-16+,23-19+,26-20+/t24-,25+,27?,28-,29?,30?,31?,33+,34?,35?,36?/m0/s1. The Morgan fingerprint density at radius 2 is 1.38 bits per heavy atom. The van der Waals surface area contributed by atoms with Gasteiger partial charge in [0, 0.05) is 42.8 Å². The number of carbonyl (C=O) groups is 2. The summed E-state index contributed by atoms with van der Waals surface area (Å²) >= 11 is 0. The molecule has 0 bridgehead atoms. The van der Waals surface area contributed by atoms with Crippen LogP contribution in [0.4, 0.5) is 0 Å². The Kier molecular flexibility index (Phi) is 20.1. The summed E-state index contributed by atoms with van der Waals surface area (Å²) in [5, 5.41) is 53.2. The second-order valence-electron chi connectivity index (χ2n) is 14.6. The Morgan fingerprint density at radius 1 is 0.809 bits per heavy atom. The van der Waals surface area contributed by atoms with Gasteiger partial charge in [0.05, 0.1) is 30.5 Å². The fraction of sp³-hybridized carbons (Fsp3) is 0.737. The zero-order chi connectivity index (χ0) is 36.8. The van der Waals surface area contributed by atoms with Crippen LogP contribution in [0, 0.1) is 29.6 Å². The second-order valence-corrected chi connectivity index (χ2v) is 14.6. The summed E-state index contributed by atoms with van der Waals surface area (Å²) in [6.45, 7) is 21.7. The minimum atomic E-state index is -1.17. The van der Waals surface area contributed by atoms with Gasteiger partial charge >= 0.3 is 5.97 Å². The SMILES string of the molecule is CCC(O)C(C)C(O)CC(=O)[C@H](C)C(O)C(C)C(O)[C@@H](/C=C/C=C(\C)C[C@H](C)C(O)[C@H](C)/C=C(C)/C=C(\C)C(=O)OC(C)(C)C)OC. The van der Waals surface area contributed by atoms with Crippen LogP contribution in [0.15, 0.2) is 47.1 Å². The van der Waals surface area contributed by atoms with E-state index in [2.05, 4.69) is 0 Å². The van der Waals surface area contributed by atoms with Gasteiger partial charge in [0.15, 0.2) is 0 Å². The molecule has 0 saturated heterocycles. The highest BCUT2D eigenvalue weighted by Crippen LogP contribution is 2.25. The summed E-state index contributed by atoms with van der Waals surface area (Å²) in [5.41, 5.74) is 1.80. The number of Topliss-reactive ketones (excluding diaryl/α,β-unsaturated/α-hetero) is 1. The van der Waals surface area contributed by atoms with Crippen molar-refractivity contribution in [1.82, 2.24) is 0 Å². The monoisotopic (exact) mass is 666 g/mol. The number of ketones is 1. The van der Waals surface area contributed by atoms with E-state index in [1.165, 1.54) is 7.11 Å². The van der Waals surface area contributed by atoms with E-state index in [1.54, 1.807) is 52.8 Å². The molecule has 0 rings (SSSR count). The van der Waals surface area contributed by atoms with Crippen molar-refractivity contribution in [2.75, 3.05) is 7.11 Å². The maximum Gasteiger partial charge on any atom is 0.334 e. The van der Waals surface area contributed by atoms with Crippen LogP contribution in [0.3, 0.4) is 0 Å². The number of methoxy groups -OCH3 is 1. The molecule has 0 spiro atoms. The van der Waals surface area contributed by atoms with Crippen molar-refractivity contribution in [3.05, 3.63) is 47.1 Å². The highest BCUT2D eigenvalue weighted by Gasteiger charge is 2.35. The van der Waals surface area contributed by atoms with E-state index in [-0.39, 0.29) is 30.0 Å². The first-order chi connectivity index (χ1) is 21.6. The summed E-state index contributed by atoms with van der Waals surface area (Å²) in [4.78, 5) is 25.1. The number of ether oxygens (including phenoxy) is 2. The summed E-state index contributed by atoms with van der Waals surface area (Å²) < 4.78 is 10.9. The third-order valence-corrected chi connectivity index (χ3v) is 8.89. The molecule has 11 atom stereocenters. The molecule has 0 fully saturated rings. The Hall–Kier alpha value is -2.14. The van der Waals surface area contributed by atoms with E-state index in [0.717, 1.165) is 11.1 Å². The van der Waals surface area contributed by atoms with Gasteiger partial charge < -0.3 is 35.0 Å². The normalized spacial score (nSPS) is 20.9. The zero-order valence-electron chi connectivity index (χ0n) is 31.2. The van der Waals surface area contributed by atoms with Gasteiger partial charge in [0.2, 0.25) is 0 Å². The molecule has 0 aromatic heterocycles. The van der Waals surface area contributed by atoms with E-state index in [0.29, 0.717) is 18.4 Å². The van der Waals surface area contributed by atoms with E-state index in [4.69, 9.17) is 9.47 Å². The van der Waals surface area contributed by atoms with Crippen LogP contribution < -0.4 is 0 Å². The molecule has 272 valence electrons. The highest BCUT2D eigenvalue weighted by atomic mass is 16.6. The molecule has 0 heterocycles. The number of hydrogen-bond acceptors (Lipinski definition) is 9. The number of aliphatic hydroxyl groups excluding tert-OH is 5. The first kappa shape index (κ1) is 44.9. The van der Waals surface area contributed by atoms with Gasteiger partial charge in [-0.1, -0.05) is 77.0 Å². The lowest BCUT2D eigenvalue weighted by Crippen LogP contribution is -2.43. The molecular weight excluding hydrogens is 600 g/mol. The Labute approximate surface area is 284 Å². The molecule has 0 aliphatic rings.